The molecule has 0 atom stereocenters. The van der Waals surface area contributed by atoms with Crippen molar-refractivity contribution in [3.8, 4) is 0 Å². The summed E-state index contributed by atoms with van der Waals surface area (Å²) in [7, 11) is 0. The minimum atomic E-state index is -0.843. The minimum absolute atomic E-state index is 0.163. The van der Waals surface area contributed by atoms with Crippen LogP contribution in [0.3, 0.4) is 0 Å². The molecule has 0 aromatic heterocycles. The van der Waals surface area contributed by atoms with Crippen molar-refractivity contribution in [2.75, 3.05) is 6.54 Å². The van der Waals surface area contributed by atoms with Crippen LogP contribution < -0.4 is 10.6 Å². The summed E-state index contributed by atoms with van der Waals surface area (Å²) in [5.41, 5.74) is -0.843. The fourth-order valence-electron chi connectivity index (χ4n) is 1.78. The monoisotopic (exact) mass is 214 g/mol. The number of aliphatic hydroxyl groups is 1. The normalized spacial score (nSPS) is 18.6. The van der Waals surface area contributed by atoms with Gasteiger partial charge in [-0.2, -0.15) is 0 Å². The summed E-state index contributed by atoms with van der Waals surface area (Å²) in [4.78, 5) is 11.4. The van der Waals surface area contributed by atoms with Crippen LogP contribution in [-0.2, 0) is 0 Å². The summed E-state index contributed by atoms with van der Waals surface area (Å²) in [6, 6.07) is 0.157. The first-order valence-electron chi connectivity index (χ1n) is 5.74. The summed E-state index contributed by atoms with van der Waals surface area (Å²) in [5.74, 6) is 0. The molecule has 0 radical (unpaired) electrons. The van der Waals surface area contributed by atoms with Gasteiger partial charge in [0.2, 0.25) is 0 Å². The largest absolute Gasteiger partial charge is 0.389 e. The van der Waals surface area contributed by atoms with Crippen LogP contribution in [-0.4, -0.2) is 29.3 Å². The average molecular weight is 214 g/mol. The Morgan fingerprint density at radius 2 is 1.93 bits per heavy atom. The maximum absolute atomic E-state index is 11.4. The lowest BCUT2D eigenvalue weighted by molar-refractivity contribution is 0.0816. The van der Waals surface area contributed by atoms with E-state index in [9.17, 15) is 9.90 Å². The van der Waals surface area contributed by atoms with E-state index < -0.39 is 5.60 Å². The number of urea groups is 1. The van der Waals surface area contributed by atoms with Crippen molar-refractivity contribution in [2.45, 2.75) is 57.6 Å². The number of amides is 2. The minimum Gasteiger partial charge on any atom is -0.389 e. The third-order valence-electron chi connectivity index (χ3n) is 2.62. The lowest BCUT2D eigenvalue weighted by Gasteiger charge is -2.24. The van der Waals surface area contributed by atoms with Gasteiger partial charge in [0.25, 0.3) is 0 Å². The predicted octanol–water partition coefficient (Wildman–Crippen LogP) is 1.39. The smallest absolute Gasteiger partial charge is 0.315 e. The molecule has 15 heavy (non-hydrogen) atoms. The zero-order chi connectivity index (χ0) is 11.3. The predicted molar refractivity (Wildman–Crippen MR) is 59.7 cm³/mol. The van der Waals surface area contributed by atoms with Crippen molar-refractivity contribution in [1.29, 1.82) is 0 Å². The maximum Gasteiger partial charge on any atom is 0.315 e. The molecular weight excluding hydrogens is 192 g/mol. The zero-order valence-electron chi connectivity index (χ0n) is 9.68. The fraction of sp³-hybridized carbons (Fsp3) is 0.909. The summed E-state index contributed by atoms with van der Waals surface area (Å²) in [6.45, 7) is 3.63. The topological polar surface area (TPSA) is 61.4 Å². The highest BCUT2D eigenvalue weighted by Gasteiger charge is 2.17. The van der Waals surface area contributed by atoms with E-state index in [-0.39, 0.29) is 12.6 Å². The van der Waals surface area contributed by atoms with E-state index in [1.54, 1.807) is 13.8 Å². The van der Waals surface area contributed by atoms with Crippen molar-refractivity contribution in [2.24, 2.45) is 0 Å². The van der Waals surface area contributed by atoms with Gasteiger partial charge in [0.15, 0.2) is 0 Å². The van der Waals surface area contributed by atoms with Crippen LogP contribution in [0.25, 0.3) is 0 Å². The molecule has 1 rings (SSSR count). The molecule has 0 aromatic rings. The third kappa shape index (κ3) is 5.62. The van der Waals surface area contributed by atoms with Gasteiger partial charge in [0.1, 0.15) is 0 Å². The summed E-state index contributed by atoms with van der Waals surface area (Å²) in [6.07, 6.45) is 5.85. The highest BCUT2D eigenvalue weighted by Crippen LogP contribution is 2.17. The molecule has 2 amide bonds. The van der Waals surface area contributed by atoms with E-state index in [0.29, 0.717) is 6.04 Å². The van der Waals surface area contributed by atoms with E-state index in [0.717, 1.165) is 12.8 Å². The molecule has 3 N–H and O–H groups in total. The van der Waals surface area contributed by atoms with Crippen LogP contribution in [0.2, 0.25) is 0 Å². The second-order valence-electron chi connectivity index (χ2n) is 4.97. The second-order valence-corrected chi connectivity index (χ2v) is 4.97. The maximum atomic E-state index is 11.4. The first-order valence-corrected chi connectivity index (χ1v) is 5.74. The number of carbonyl (C=O) groups excluding carboxylic acids is 1. The zero-order valence-corrected chi connectivity index (χ0v) is 9.68. The molecular formula is C11H22N2O2. The van der Waals surface area contributed by atoms with E-state index in [1.165, 1.54) is 19.3 Å². The quantitative estimate of drug-likeness (QED) is 0.665. The molecule has 0 bridgehead atoms. The van der Waals surface area contributed by atoms with Crippen molar-refractivity contribution in [3.63, 3.8) is 0 Å². The van der Waals surface area contributed by atoms with Gasteiger partial charge in [-0.25, -0.2) is 4.79 Å². The number of nitrogens with one attached hydrogen (secondary N) is 2. The molecule has 1 aliphatic carbocycles. The summed E-state index contributed by atoms with van der Waals surface area (Å²) >= 11 is 0. The van der Waals surface area contributed by atoms with Gasteiger partial charge in [-0.1, -0.05) is 19.3 Å². The highest BCUT2D eigenvalue weighted by atomic mass is 16.3. The summed E-state index contributed by atoms with van der Waals surface area (Å²) in [5, 5.41) is 15.0. The van der Waals surface area contributed by atoms with Crippen molar-refractivity contribution in [3.05, 3.63) is 0 Å². The first-order chi connectivity index (χ1) is 6.97. The Labute approximate surface area is 91.4 Å². The van der Waals surface area contributed by atoms with Crippen LogP contribution >= 0.6 is 0 Å². The summed E-state index contributed by atoms with van der Waals surface area (Å²) < 4.78 is 0. The molecule has 0 heterocycles. The van der Waals surface area contributed by atoms with Gasteiger partial charge < -0.3 is 15.7 Å². The molecule has 88 valence electrons. The van der Waals surface area contributed by atoms with Gasteiger partial charge in [0.05, 0.1) is 5.60 Å². The van der Waals surface area contributed by atoms with Crippen molar-refractivity contribution in [1.82, 2.24) is 10.6 Å². The van der Waals surface area contributed by atoms with Gasteiger partial charge in [-0.05, 0) is 26.7 Å². The molecule has 1 fully saturated rings. The van der Waals surface area contributed by atoms with Gasteiger partial charge in [0, 0.05) is 12.6 Å². The average Bonchev–Trinajstić information content (AvgIpc) is 2.15. The number of hydrogen-bond donors (Lipinski definition) is 3. The number of rotatable bonds is 3. The van der Waals surface area contributed by atoms with Crippen LogP contribution in [0.5, 0.6) is 0 Å². The van der Waals surface area contributed by atoms with Gasteiger partial charge in [-0.3, -0.25) is 0 Å². The Bertz CT molecular complexity index is 205. The molecule has 1 saturated carbocycles. The van der Waals surface area contributed by atoms with E-state index in [4.69, 9.17) is 0 Å². The Morgan fingerprint density at radius 1 is 1.33 bits per heavy atom. The first kappa shape index (κ1) is 12.3. The van der Waals surface area contributed by atoms with Gasteiger partial charge >= 0.3 is 6.03 Å². The van der Waals surface area contributed by atoms with Crippen LogP contribution in [0.4, 0.5) is 4.79 Å². The van der Waals surface area contributed by atoms with Crippen molar-refractivity contribution < 1.29 is 9.90 Å². The second kappa shape index (κ2) is 5.35. The molecule has 0 aromatic carbocycles. The highest BCUT2D eigenvalue weighted by molar-refractivity contribution is 5.74. The molecule has 0 spiro atoms. The third-order valence-corrected chi connectivity index (χ3v) is 2.62. The van der Waals surface area contributed by atoms with E-state index in [1.807, 2.05) is 0 Å². The van der Waals surface area contributed by atoms with Gasteiger partial charge in [-0.15, -0.1) is 0 Å². The fourth-order valence-corrected chi connectivity index (χ4v) is 1.78. The standard InChI is InChI=1S/C11H22N2O2/c1-11(2,15)8-12-10(14)13-9-6-4-3-5-7-9/h9,15H,3-8H2,1-2H3,(H2,12,13,14). The Balaban J connectivity index is 2.17. The molecule has 4 heteroatoms. The Hall–Kier alpha value is -0.770. The Morgan fingerprint density at radius 3 is 2.47 bits per heavy atom. The molecule has 0 unspecified atom stereocenters. The molecule has 4 nitrogen and oxygen atoms in total. The molecule has 1 aliphatic rings. The van der Waals surface area contributed by atoms with Crippen LogP contribution in [0, 0.1) is 0 Å². The number of carbonyl (C=O) groups is 1. The lowest BCUT2D eigenvalue weighted by Crippen LogP contribution is -2.47. The Kier molecular flexibility index (Phi) is 4.39. The number of hydrogen-bond acceptors (Lipinski definition) is 2. The van der Waals surface area contributed by atoms with Crippen molar-refractivity contribution >= 4 is 6.03 Å². The van der Waals surface area contributed by atoms with Crippen LogP contribution in [0.1, 0.15) is 46.0 Å². The molecule has 0 aliphatic heterocycles. The van der Waals surface area contributed by atoms with E-state index >= 15 is 0 Å². The molecule has 0 saturated heterocycles. The lowest BCUT2D eigenvalue weighted by atomic mass is 9.96. The van der Waals surface area contributed by atoms with E-state index in [2.05, 4.69) is 10.6 Å². The van der Waals surface area contributed by atoms with Crippen LogP contribution in [0.15, 0.2) is 0 Å². The SMILES string of the molecule is CC(C)(O)CNC(=O)NC1CCCCC1.